The molecule has 35 heavy (non-hydrogen) atoms. The third-order valence-electron chi connectivity index (χ3n) is 7.29. The molecule has 0 unspecified atom stereocenters. The Morgan fingerprint density at radius 3 is 2.40 bits per heavy atom. The van der Waals surface area contributed by atoms with Gasteiger partial charge in [0.25, 0.3) is 0 Å². The molecule has 0 fully saturated rings. The van der Waals surface area contributed by atoms with Gasteiger partial charge < -0.3 is 33.5 Å². The predicted molar refractivity (Wildman–Crippen MR) is 130 cm³/mol. The number of carbonyl (C=O) groups is 1. The van der Waals surface area contributed by atoms with Gasteiger partial charge in [0.15, 0.2) is 23.0 Å². The quantitative estimate of drug-likeness (QED) is 0.454. The highest BCUT2D eigenvalue weighted by atomic mass is 16.7. The Balaban J connectivity index is 2.13. The van der Waals surface area contributed by atoms with Crippen LogP contribution in [0.2, 0.25) is 0 Å². The summed E-state index contributed by atoms with van der Waals surface area (Å²) in [6, 6.07) is 3.70. The van der Waals surface area contributed by atoms with Crippen LogP contribution in [0.1, 0.15) is 51.3 Å². The van der Waals surface area contributed by atoms with Crippen LogP contribution in [0.5, 0.6) is 34.5 Å². The van der Waals surface area contributed by atoms with E-state index in [1.807, 2.05) is 26.8 Å². The topological polar surface area (TPSA) is 92.7 Å². The number of benzene rings is 2. The van der Waals surface area contributed by atoms with Crippen molar-refractivity contribution in [1.82, 2.24) is 0 Å². The molecule has 0 saturated carbocycles. The molecule has 0 saturated heterocycles. The van der Waals surface area contributed by atoms with E-state index in [9.17, 15) is 9.90 Å². The molecule has 1 N–H and O–H groups in total. The van der Waals surface area contributed by atoms with E-state index in [0.717, 1.165) is 5.56 Å². The number of aliphatic hydroxyl groups is 1. The molecule has 4 atom stereocenters. The summed E-state index contributed by atoms with van der Waals surface area (Å²) >= 11 is 0. The Morgan fingerprint density at radius 2 is 1.77 bits per heavy atom. The zero-order valence-corrected chi connectivity index (χ0v) is 21.4. The molecular formula is C27H34O8. The SMILES string of the molecule is CC[C@H](C)C(=O)Oc1c(OC)c(OC)cc2c1-c1c(cc3c(c1OC)OCO3)[C@H](O)[C@H](C)[C@H](C)C2. The first-order valence-electron chi connectivity index (χ1n) is 12.0. The lowest BCUT2D eigenvalue weighted by Gasteiger charge is -2.33. The Labute approximate surface area is 206 Å². The molecule has 190 valence electrons. The minimum atomic E-state index is -0.817. The van der Waals surface area contributed by atoms with Crippen molar-refractivity contribution in [3.8, 4) is 45.6 Å². The van der Waals surface area contributed by atoms with E-state index < -0.39 is 6.10 Å². The second-order valence-corrected chi connectivity index (χ2v) is 9.30. The van der Waals surface area contributed by atoms with Gasteiger partial charge in [0.1, 0.15) is 0 Å². The van der Waals surface area contributed by atoms with E-state index >= 15 is 0 Å². The van der Waals surface area contributed by atoms with Crippen molar-refractivity contribution >= 4 is 5.97 Å². The summed E-state index contributed by atoms with van der Waals surface area (Å²) in [5.41, 5.74) is 2.70. The van der Waals surface area contributed by atoms with E-state index in [1.54, 1.807) is 20.3 Å². The van der Waals surface area contributed by atoms with Gasteiger partial charge in [-0.15, -0.1) is 0 Å². The highest BCUT2D eigenvalue weighted by molar-refractivity contribution is 5.91. The number of rotatable bonds is 6. The summed E-state index contributed by atoms with van der Waals surface area (Å²) in [5.74, 6) is 1.66. The van der Waals surface area contributed by atoms with Crippen molar-refractivity contribution in [3.05, 3.63) is 23.3 Å². The molecule has 2 aromatic rings. The van der Waals surface area contributed by atoms with Crippen LogP contribution in [0.15, 0.2) is 12.1 Å². The first-order valence-corrected chi connectivity index (χ1v) is 12.0. The van der Waals surface area contributed by atoms with E-state index in [4.69, 9.17) is 28.4 Å². The van der Waals surface area contributed by atoms with E-state index in [0.29, 0.717) is 58.3 Å². The standard InChI is InChI=1S/C27H34O8/c1-8-13(2)27(29)35-26-20-16(10-18(30-5)23(26)31-6)9-14(3)15(4)22(28)17-11-19-24(34-12-33-19)25(32-7)21(17)20/h10-11,13-15,22,28H,8-9,12H2,1-7H3/t13-,14+,15+,22+/m0/s1. The van der Waals surface area contributed by atoms with Crippen molar-refractivity contribution in [2.24, 2.45) is 17.8 Å². The average Bonchev–Trinajstić information content (AvgIpc) is 3.33. The molecule has 8 nitrogen and oxygen atoms in total. The number of aliphatic hydroxyl groups excluding tert-OH is 1. The molecule has 2 aromatic carbocycles. The molecule has 0 spiro atoms. The summed E-state index contributed by atoms with van der Waals surface area (Å²) in [6.45, 7) is 7.90. The van der Waals surface area contributed by atoms with Crippen LogP contribution in [0, 0.1) is 17.8 Å². The van der Waals surface area contributed by atoms with E-state index in [2.05, 4.69) is 6.92 Å². The number of methoxy groups -OCH3 is 3. The fourth-order valence-corrected chi connectivity index (χ4v) is 4.76. The third-order valence-corrected chi connectivity index (χ3v) is 7.29. The molecule has 8 heteroatoms. The van der Waals surface area contributed by atoms with Gasteiger partial charge in [0, 0.05) is 11.1 Å². The fraction of sp³-hybridized carbons (Fsp3) is 0.519. The molecule has 2 aliphatic rings. The van der Waals surface area contributed by atoms with Gasteiger partial charge in [0.05, 0.1) is 33.4 Å². The third kappa shape index (κ3) is 4.14. The van der Waals surface area contributed by atoms with Gasteiger partial charge in [0.2, 0.25) is 18.3 Å². The van der Waals surface area contributed by atoms with Crippen LogP contribution >= 0.6 is 0 Å². The van der Waals surface area contributed by atoms with Crippen molar-refractivity contribution in [2.45, 2.75) is 46.6 Å². The predicted octanol–water partition coefficient (Wildman–Crippen LogP) is 4.92. The van der Waals surface area contributed by atoms with E-state index in [-0.39, 0.29) is 36.3 Å². The molecule has 0 aromatic heterocycles. The summed E-state index contributed by atoms with van der Waals surface area (Å²) in [6.07, 6.45) is 0.417. The molecule has 0 amide bonds. The molecular weight excluding hydrogens is 452 g/mol. The summed E-state index contributed by atoms with van der Waals surface area (Å²) < 4.78 is 34.7. The van der Waals surface area contributed by atoms with Crippen LogP contribution in [-0.2, 0) is 11.2 Å². The zero-order valence-electron chi connectivity index (χ0n) is 21.4. The Kier molecular flexibility index (Phi) is 7.03. The normalized spacial score (nSPS) is 21.2. The molecule has 4 rings (SSSR count). The monoisotopic (exact) mass is 486 g/mol. The maximum Gasteiger partial charge on any atom is 0.314 e. The molecule has 0 bridgehead atoms. The van der Waals surface area contributed by atoms with Gasteiger partial charge in [-0.3, -0.25) is 4.79 Å². The molecule has 1 aliphatic carbocycles. The van der Waals surface area contributed by atoms with Crippen LogP contribution < -0.4 is 28.4 Å². The van der Waals surface area contributed by atoms with Gasteiger partial charge in [-0.2, -0.15) is 0 Å². The zero-order chi connectivity index (χ0) is 25.4. The van der Waals surface area contributed by atoms with Crippen molar-refractivity contribution < 1.29 is 38.3 Å². The second-order valence-electron chi connectivity index (χ2n) is 9.30. The van der Waals surface area contributed by atoms with Crippen LogP contribution in [-0.4, -0.2) is 39.2 Å². The first-order chi connectivity index (χ1) is 16.8. The number of hydrogen-bond donors (Lipinski definition) is 1. The van der Waals surface area contributed by atoms with Crippen molar-refractivity contribution in [1.29, 1.82) is 0 Å². The lowest BCUT2D eigenvalue weighted by Crippen LogP contribution is -2.23. The number of carbonyl (C=O) groups excluding carboxylic acids is 1. The smallest absolute Gasteiger partial charge is 0.314 e. The van der Waals surface area contributed by atoms with Crippen LogP contribution in [0.4, 0.5) is 0 Å². The Morgan fingerprint density at radius 1 is 1.06 bits per heavy atom. The van der Waals surface area contributed by atoms with Gasteiger partial charge >= 0.3 is 5.97 Å². The largest absolute Gasteiger partial charge is 0.493 e. The van der Waals surface area contributed by atoms with Gasteiger partial charge in [-0.1, -0.05) is 27.7 Å². The van der Waals surface area contributed by atoms with Gasteiger partial charge in [-0.25, -0.2) is 0 Å². The maximum absolute atomic E-state index is 13.0. The molecule has 1 heterocycles. The van der Waals surface area contributed by atoms with Crippen molar-refractivity contribution in [3.63, 3.8) is 0 Å². The summed E-state index contributed by atoms with van der Waals surface area (Å²) in [4.78, 5) is 13.0. The van der Waals surface area contributed by atoms with Crippen LogP contribution in [0.25, 0.3) is 11.1 Å². The number of ether oxygens (including phenoxy) is 6. The summed E-state index contributed by atoms with van der Waals surface area (Å²) in [7, 11) is 4.60. The average molecular weight is 487 g/mol. The number of fused-ring (bicyclic) bond motifs is 4. The Bertz CT molecular complexity index is 1130. The fourth-order valence-electron chi connectivity index (χ4n) is 4.76. The first kappa shape index (κ1) is 25.0. The van der Waals surface area contributed by atoms with E-state index in [1.165, 1.54) is 7.11 Å². The number of hydrogen-bond acceptors (Lipinski definition) is 8. The lowest BCUT2D eigenvalue weighted by molar-refractivity contribution is -0.138. The van der Waals surface area contributed by atoms with Gasteiger partial charge in [-0.05, 0) is 47.9 Å². The molecule has 0 radical (unpaired) electrons. The highest BCUT2D eigenvalue weighted by Gasteiger charge is 2.38. The lowest BCUT2D eigenvalue weighted by atomic mass is 9.76. The highest BCUT2D eigenvalue weighted by Crippen LogP contribution is 2.58. The Hall–Kier alpha value is -3.13. The van der Waals surface area contributed by atoms with Crippen molar-refractivity contribution in [2.75, 3.05) is 28.1 Å². The minimum absolute atomic E-state index is 0.0469. The number of esters is 1. The molecule has 1 aliphatic heterocycles. The summed E-state index contributed by atoms with van der Waals surface area (Å²) in [5, 5.41) is 11.5. The second kappa shape index (κ2) is 9.85. The minimum Gasteiger partial charge on any atom is -0.493 e. The maximum atomic E-state index is 13.0. The van der Waals surface area contributed by atoms with Crippen LogP contribution in [0.3, 0.4) is 0 Å².